The van der Waals surface area contributed by atoms with Gasteiger partial charge >= 0.3 is 0 Å². The number of hydrogen-bond donors (Lipinski definition) is 3. The molecule has 6 heteroatoms. The molecule has 0 aliphatic rings. The molecule has 1 amide bonds. The van der Waals surface area contributed by atoms with Gasteiger partial charge in [-0.05, 0) is 49.7 Å². The molecule has 0 saturated heterocycles. The minimum atomic E-state index is -0.378. The fourth-order valence-corrected chi connectivity index (χ4v) is 1.79. The maximum atomic E-state index is 11.9. The lowest BCUT2D eigenvalue weighted by molar-refractivity contribution is -0.122. The van der Waals surface area contributed by atoms with Crippen molar-refractivity contribution in [2.45, 2.75) is 39.3 Å². The first kappa shape index (κ1) is 14.8. The zero-order valence-corrected chi connectivity index (χ0v) is 12.6. The summed E-state index contributed by atoms with van der Waals surface area (Å²) in [7, 11) is 0. The highest BCUT2D eigenvalue weighted by Crippen LogP contribution is 2.22. The van der Waals surface area contributed by atoms with E-state index < -0.39 is 0 Å². The third-order valence-electron chi connectivity index (χ3n) is 2.11. The van der Waals surface area contributed by atoms with Crippen molar-refractivity contribution in [2.24, 2.45) is 0 Å². The van der Waals surface area contributed by atoms with Gasteiger partial charge in [0.15, 0.2) is 0 Å². The van der Waals surface area contributed by atoms with Crippen molar-refractivity contribution in [2.75, 3.05) is 11.1 Å². The number of amides is 1. The second-order valence-corrected chi connectivity index (χ2v) is 6.06. The lowest BCUT2D eigenvalue weighted by Crippen LogP contribution is -2.47. The summed E-state index contributed by atoms with van der Waals surface area (Å²) in [5.41, 5.74) is 5.92. The van der Waals surface area contributed by atoms with E-state index in [9.17, 15) is 4.79 Å². The van der Waals surface area contributed by atoms with E-state index in [2.05, 4.69) is 31.5 Å². The van der Waals surface area contributed by atoms with Crippen LogP contribution in [0.5, 0.6) is 0 Å². The number of hydrogen-bond acceptors (Lipinski definition) is 4. The summed E-state index contributed by atoms with van der Waals surface area (Å²) in [6, 6.07) is 1.36. The van der Waals surface area contributed by atoms with Gasteiger partial charge < -0.3 is 16.4 Å². The molecule has 1 atom stereocenters. The number of carbonyl (C=O) groups is 1. The highest BCUT2D eigenvalue weighted by molar-refractivity contribution is 9.10. The second kappa shape index (κ2) is 5.56. The third-order valence-corrected chi connectivity index (χ3v) is 2.71. The van der Waals surface area contributed by atoms with Crippen LogP contribution in [-0.2, 0) is 4.79 Å². The van der Waals surface area contributed by atoms with Gasteiger partial charge in [-0.15, -0.1) is 0 Å². The maximum absolute atomic E-state index is 11.9. The lowest BCUT2D eigenvalue weighted by atomic mass is 10.1. The van der Waals surface area contributed by atoms with E-state index in [-0.39, 0.29) is 17.5 Å². The fourth-order valence-electron chi connectivity index (χ4n) is 1.31. The summed E-state index contributed by atoms with van der Waals surface area (Å²) < 4.78 is 0.734. The topological polar surface area (TPSA) is 80.0 Å². The average Bonchev–Trinajstić information content (AvgIpc) is 2.19. The van der Waals surface area contributed by atoms with Gasteiger partial charge in [0, 0.05) is 5.54 Å². The molecule has 1 rings (SSSR count). The van der Waals surface area contributed by atoms with Crippen molar-refractivity contribution >= 4 is 33.3 Å². The molecule has 0 saturated carbocycles. The molecule has 1 unspecified atom stereocenters. The molecule has 0 bridgehead atoms. The van der Waals surface area contributed by atoms with Crippen molar-refractivity contribution in [1.82, 2.24) is 10.3 Å². The maximum Gasteiger partial charge on any atom is 0.242 e. The molecule has 1 aromatic rings. The van der Waals surface area contributed by atoms with Crippen LogP contribution in [0.4, 0.5) is 11.5 Å². The molecule has 1 aromatic heterocycles. The van der Waals surface area contributed by atoms with E-state index in [0.717, 1.165) is 4.47 Å². The Bertz CT molecular complexity index is 442. The Morgan fingerprint density at radius 2 is 2.11 bits per heavy atom. The standard InChI is InChI=1S/C12H19BrN4O/c1-7(11(18)17-12(2,3)4)16-10-9(13)5-8(14)6-15-10/h5-7H,14H2,1-4H3,(H,15,16)(H,17,18). The van der Waals surface area contributed by atoms with Gasteiger partial charge in [0.2, 0.25) is 5.91 Å². The molecular formula is C12H19BrN4O. The van der Waals surface area contributed by atoms with Crippen LogP contribution in [0.15, 0.2) is 16.7 Å². The smallest absolute Gasteiger partial charge is 0.242 e. The number of nitrogens with zero attached hydrogens (tertiary/aromatic N) is 1. The SMILES string of the molecule is CC(Nc1ncc(N)cc1Br)C(=O)NC(C)(C)C. The number of aromatic nitrogens is 1. The molecule has 5 nitrogen and oxygen atoms in total. The Hall–Kier alpha value is -1.30. The van der Waals surface area contributed by atoms with Gasteiger partial charge in [-0.3, -0.25) is 4.79 Å². The molecular weight excluding hydrogens is 296 g/mol. The van der Waals surface area contributed by atoms with Crippen LogP contribution in [0.2, 0.25) is 0 Å². The average molecular weight is 315 g/mol. The molecule has 4 N–H and O–H groups in total. The minimum Gasteiger partial charge on any atom is -0.397 e. The van der Waals surface area contributed by atoms with E-state index in [1.807, 2.05) is 20.8 Å². The summed E-state index contributed by atoms with van der Waals surface area (Å²) in [5.74, 6) is 0.522. The third kappa shape index (κ3) is 4.52. The van der Waals surface area contributed by atoms with Crippen molar-refractivity contribution < 1.29 is 4.79 Å². The number of rotatable bonds is 3. The summed E-state index contributed by atoms with van der Waals surface area (Å²) in [6.45, 7) is 7.60. The predicted octanol–water partition coefficient (Wildman–Crippen LogP) is 2.14. The van der Waals surface area contributed by atoms with Crippen molar-refractivity contribution in [3.05, 3.63) is 16.7 Å². The number of nitrogen functional groups attached to an aromatic ring is 1. The van der Waals surface area contributed by atoms with E-state index in [4.69, 9.17) is 5.73 Å². The van der Waals surface area contributed by atoms with Gasteiger partial charge in [0.05, 0.1) is 16.4 Å². The quantitative estimate of drug-likeness (QED) is 0.798. The Balaban J connectivity index is 2.69. The zero-order chi connectivity index (χ0) is 13.9. The molecule has 0 aromatic carbocycles. The Morgan fingerprint density at radius 3 is 2.61 bits per heavy atom. The Kier molecular flexibility index (Phi) is 4.56. The van der Waals surface area contributed by atoms with Crippen LogP contribution in [0, 0.1) is 0 Å². The fraction of sp³-hybridized carbons (Fsp3) is 0.500. The molecule has 0 fully saturated rings. The number of nitrogens with one attached hydrogen (secondary N) is 2. The number of anilines is 2. The van der Waals surface area contributed by atoms with E-state index in [1.54, 1.807) is 19.2 Å². The van der Waals surface area contributed by atoms with E-state index >= 15 is 0 Å². The molecule has 100 valence electrons. The molecule has 0 aliphatic heterocycles. The number of halogens is 1. The monoisotopic (exact) mass is 314 g/mol. The zero-order valence-electron chi connectivity index (χ0n) is 11.0. The van der Waals surface area contributed by atoms with Crippen molar-refractivity contribution in [3.63, 3.8) is 0 Å². The van der Waals surface area contributed by atoms with Crippen LogP contribution in [0.3, 0.4) is 0 Å². The molecule has 18 heavy (non-hydrogen) atoms. The van der Waals surface area contributed by atoms with Gasteiger partial charge in [-0.25, -0.2) is 4.98 Å². The molecule has 0 spiro atoms. The van der Waals surface area contributed by atoms with Crippen LogP contribution in [-0.4, -0.2) is 22.5 Å². The molecule has 0 aliphatic carbocycles. The predicted molar refractivity (Wildman–Crippen MR) is 77.3 cm³/mol. The normalized spacial score (nSPS) is 12.9. The largest absolute Gasteiger partial charge is 0.397 e. The lowest BCUT2D eigenvalue weighted by Gasteiger charge is -2.24. The van der Waals surface area contributed by atoms with E-state index in [1.165, 1.54) is 0 Å². The van der Waals surface area contributed by atoms with Gasteiger partial charge in [0.25, 0.3) is 0 Å². The summed E-state index contributed by atoms with van der Waals surface area (Å²) in [4.78, 5) is 16.0. The minimum absolute atomic E-state index is 0.0759. The first-order chi connectivity index (χ1) is 8.19. The van der Waals surface area contributed by atoms with Gasteiger partial charge in [-0.1, -0.05) is 0 Å². The molecule has 0 radical (unpaired) electrons. The first-order valence-corrected chi connectivity index (χ1v) is 6.48. The van der Waals surface area contributed by atoms with Crippen LogP contribution in [0.1, 0.15) is 27.7 Å². The van der Waals surface area contributed by atoms with Gasteiger partial charge in [-0.2, -0.15) is 0 Å². The summed E-state index contributed by atoms with van der Waals surface area (Å²) >= 11 is 3.35. The highest BCUT2D eigenvalue weighted by atomic mass is 79.9. The van der Waals surface area contributed by atoms with Crippen LogP contribution >= 0.6 is 15.9 Å². The Labute approximate surface area is 116 Å². The van der Waals surface area contributed by atoms with E-state index in [0.29, 0.717) is 11.5 Å². The van der Waals surface area contributed by atoms with Gasteiger partial charge in [0.1, 0.15) is 11.9 Å². The highest BCUT2D eigenvalue weighted by Gasteiger charge is 2.19. The second-order valence-electron chi connectivity index (χ2n) is 5.20. The van der Waals surface area contributed by atoms with Crippen LogP contribution < -0.4 is 16.4 Å². The van der Waals surface area contributed by atoms with Crippen LogP contribution in [0.25, 0.3) is 0 Å². The summed E-state index contributed by atoms with van der Waals surface area (Å²) in [6.07, 6.45) is 1.54. The Morgan fingerprint density at radius 1 is 1.50 bits per heavy atom. The van der Waals surface area contributed by atoms with Crippen molar-refractivity contribution in [3.8, 4) is 0 Å². The number of pyridine rings is 1. The number of carbonyl (C=O) groups excluding carboxylic acids is 1. The first-order valence-electron chi connectivity index (χ1n) is 5.68. The van der Waals surface area contributed by atoms with Crippen molar-refractivity contribution in [1.29, 1.82) is 0 Å². The summed E-state index contributed by atoms with van der Waals surface area (Å²) in [5, 5.41) is 5.93. The number of nitrogens with two attached hydrogens (primary N) is 1. The molecule has 1 heterocycles.